The Labute approximate surface area is 133 Å². The van der Waals surface area contributed by atoms with Crippen LogP contribution >= 0.6 is 0 Å². The van der Waals surface area contributed by atoms with Crippen molar-refractivity contribution in [3.8, 4) is 0 Å². The minimum absolute atomic E-state index is 0.790. The molecule has 0 saturated carbocycles. The molecule has 1 aliphatic rings. The van der Waals surface area contributed by atoms with Crippen LogP contribution in [-0.4, -0.2) is 19.6 Å². The zero-order valence-electron chi connectivity index (χ0n) is 14.5. The van der Waals surface area contributed by atoms with E-state index in [-0.39, 0.29) is 0 Å². The molecular weight excluding hydrogens is 256 g/mol. The summed E-state index contributed by atoms with van der Waals surface area (Å²) in [5, 5.41) is 3.62. The van der Waals surface area contributed by atoms with Gasteiger partial charge in [0.1, 0.15) is 0 Å². The highest BCUT2D eigenvalue weighted by Crippen LogP contribution is 2.18. The molecule has 1 heterocycles. The molecule has 0 bridgehead atoms. The van der Waals surface area contributed by atoms with Crippen LogP contribution in [0.4, 0.5) is 0 Å². The van der Waals surface area contributed by atoms with Crippen LogP contribution in [0.15, 0.2) is 0 Å². The first-order valence-electron chi connectivity index (χ1n) is 9.73. The Hall–Kier alpha value is -0.0800. The van der Waals surface area contributed by atoms with Crippen molar-refractivity contribution < 1.29 is 0 Å². The van der Waals surface area contributed by atoms with Crippen LogP contribution in [-0.2, 0) is 0 Å². The lowest BCUT2D eigenvalue weighted by Crippen LogP contribution is -2.19. The van der Waals surface area contributed by atoms with E-state index in [9.17, 15) is 0 Å². The maximum Gasteiger partial charge on any atom is -0.00464 e. The molecule has 1 fully saturated rings. The van der Waals surface area contributed by atoms with Crippen molar-refractivity contribution in [2.45, 2.75) is 90.4 Å². The zero-order valence-corrected chi connectivity index (χ0v) is 14.5. The third-order valence-corrected chi connectivity index (χ3v) is 5.17. The van der Waals surface area contributed by atoms with Gasteiger partial charge in [-0.15, -0.1) is 0 Å². The molecule has 0 amide bonds. The van der Waals surface area contributed by atoms with E-state index < -0.39 is 0 Å². The van der Waals surface area contributed by atoms with Gasteiger partial charge in [0.15, 0.2) is 0 Å². The molecule has 0 radical (unpaired) electrons. The summed E-state index contributed by atoms with van der Waals surface area (Å²) in [4.78, 5) is 0. The fourth-order valence-electron chi connectivity index (χ4n) is 3.49. The van der Waals surface area contributed by atoms with E-state index in [2.05, 4.69) is 12.2 Å². The smallest absolute Gasteiger partial charge is 0.00464 e. The van der Waals surface area contributed by atoms with Gasteiger partial charge in [0.25, 0.3) is 0 Å². The molecule has 0 aromatic heterocycles. The predicted octanol–water partition coefficient (Wildman–Crippen LogP) is 4.87. The summed E-state index contributed by atoms with van der Waals surface area (Å²) in [6, 6.07) is 0. The van der Waals surface area contributed by atoms with E-state index in [1.165, 1.54) is 96.6 Å². The highest BCUT2D eigenvalue weighted by atomic mass is 14.8. The topological polar surface area (TPSA) is 38.0 Å². The molecule has 2 unspecified atom stereocenters. The summed E-state index contributed by atoms with van der Waals surface area (Å²) in [5.74, 6) is 1.69. The molecule has 1 aliphatic heterocycles. The van der Waals surface area contributed by atoms with Gasteiger partial charge in [0.05, 0.1) is 0 Å². The summed E-state index contributed by atoms with van der Waals surface area (Å²) in [6.07, 6.45) is 18.2. The van der Waals surface area contributed by atoms with Gasteiger partial charge in [0, 0.05) is 0 Å². The lowest BCUT2D eigenvalue weighted by molar-refractivity contribution is 0.401. The van der Waals surface area contributed by atoms with E-state index in [0.29, 0.717) is 0 Å². The SMILES string of the molecule is CC1CCCCCCCCC(CN)CCCCCNCC1. The number of rotatable bonds is 1. The largest absolute Gasteiger partial charge is 0.330 e. The molecule has 0 aromatic rings. The summed E-state index contributed by atoms with van der Waals surface area (Å²) in [5.41, 5.74) is 5.92. The monoisotopic (exact) mass is 296 g/mol. The second-order valence-corrected chi connectivity index (χ2v) is 7.29. The molecule has 0 aromatic carbocycles. The Morgan fingerprint density at radius 2 is 1.29 bits per heavy atom. The average Bonchev–Trinajstić information content (AvgIpc) is 2.49. The standard InChI is InChI=1S/C19H40N2/c1-18-11-7-4-2-3-5-8-12-19(17-20)13-9-6-10-15-21-16-14-18/h18-19,21H,2-17,20H2,1H3. The predicted molar refractivity (Wildman–Crippen MR) is 94.6 cm³/mol. The second kappa shape index (κ2) is 13.6. The van der Waals surface area contributed by atoms with Gasteiger partial charge < -0.3 is 11.1 Å². The molecule has 2 atom stereocenters. The summed E-state index contributed by atoms with van der Waals surface area (Å²) >= 11 is 0. The van der Waals surface area contributed by atoms with E-state index in [1.54, 1.807) is 0 Å². The number of nitrogens with one attached hydrogen (secondary N) is 1. The lowest BCUT2D eigenvalue weighted by atomic mass is 9.94. The fourth-order valence-corrected chi connectivity index (χ4v) is 3.49. The van der Waals surface area contributed by atoms with Crippen LogP contribution in [0, 0.1) is 11.8 Å². The molecule has 1 saturated heterocycles. The van der Waals surface area contributed by atoms with Crippen molar-refractivity contribution in [1.29, 1.82) is 0 Å². The highest BCUT2D eigenvalue weighted by molar-refractivity contribution is 4.63. The number of hydrogen-bond donors (Lipinski definition) is 2. The van der Waals surface area contributed by atoms with Crippen LogP contribution in [0.1, 0.15) is 90.4 Å². The maximum absolute atomic E-state index is 5.92. The third kappa shape index (κ3) is 11.2. The average molecular weight is 297 g/mol. The molecule has 1 rings (SSSR count). The van der Waals surface area contributed by atoms with Crippen molar-refractivity contribution >= 4 is 0 Å². The van der Waals surface area contributed by atoms with E-state index >= 15 is 0 Å². The molecule has 0 aliphatic carbocycles. The third-order valence-electron chi connectivity index (χ3n) is 5.17. The maximum atomic E-state index is 5.92. The van der Waals surface area contributed by atoms with Gasteiger partial charge in [-0.05, 0) is 57.2 Å². The Morgan fingerprint density at radius 1 is 0.714 bits per heavy atom. The number of nitrogens with two attached hydrogens (primary N) is 1. The van der Waals surface area contributed by atoms with Crippen LogP contribution in [0.5, 0.6) is 0 Å². The van der Waals surface area contributed by atoms with Crippen molar-refractivity contribution in [3.63, 3.8) is 0 Å². The van der Waals surface area contributed by atoms with Gasteiger partial charge >= 0.3 is 0 Å². The summed E-state index contributed by atoms with van der Waals surface area (Å²) in [7, 11) is 0. The zero-order chi connectivity index (χ0) is 15.2. The Balaban J connectivity index is 2.20. The van der Waals surface area contributed by atoms with E-state index in [1.807, 2.05) is 0 Å². The van der Waals surface area contributed by atoms with Crippen LogP contribution in [0.2, 0.25) is 0 Å². The van der Waals surface area contributed by atoms with E-state index in [0.717, 1.165) is 18.4 Å². The second-order valence-electron chi connectivity index (χ2n) is 7.29. The van der Waals surface area contributed by atoms with Crippen molar-refractivity contribution in [1.82, 2.24) is 5.32 Å². The summed E-state index contributed by atoms with van der Waals surface area (Å²) < 4.78 is 0. The Bertz CT molecular complexity index is 198. The van der Waals surface area contributed by atoms with Gasteiger partial charge in [-0.25, -0.2) is 0 Å². The number of hydrogen-bond acceptors (Lipinski definition) is 2. The lowest BCUT2D eigenvalue weighted by Gasteiger charge is -2.15. The highest BCUT2D eigenvalue weighted by Gasteiger charge is 2.07. The minimum atomic E-state index is 0.790. The molecule has 21 heavy (non-hydrogen) atoms. The van der Waals surface area contributed by atoms with Crippen LogP contribution < -0.4 is 11.1 Å². The van der Waals surface area contributed by atoms with Gasteiger partial charge in [-0.2, -0.15) is 0 Å². The first-order chi connectivity index (χ1) is 10.3. The quantitative estimate of drug-likeness (QED) is 0.724. The van der Waals surface area contributed by atoms with Crippen molar-refractivity contribution in [3.05, 3.63) is 0 Å². The van der Waals surface area contributed by atoms with Crippen LogP contribution in [0.25, 0.3) is 0 Å². The minimum Gasteiger partial charge on any atom is -0.330 e. The van der Waals surface area contributed by atoms with Gasteiger partial charge in [-0.1, -0.05) is 64.7 Å². The normalized spacial score (nSPS) is 29.4. The molecule has 2 nitrogen and oxygen atoms in total. The van der Waals surface area contributed by atoms with Gasteiger partial charge in [-0.3, -0.25) is 0 Å². The molecule has 0 spiro atoms. The molecule has 3 N–H and O–H groups in total. The van der Waals surface area contributed by atoms with Crippen molar-refractivity contribution in [2.75, 3.05) is 19.6 Å². The van der Waals surface area contributed by atoms with E-state index in [4.69, 9.17) is 5.73 Å². The molecule has 2 heteroatoms. The first-order valence-corrected chi connectivity index (χ1v) is 9.73. The molecule has 126 valence electrons. The Morgan fingerprint density at radius 3 is 1.95 bits per heavy atom. The molecular formula is C19H40N2. The first kappa shape index (κ1) is 19.0. The summed E-state index contributed by atoms with van der Waals surface area (Å²) in [6.45, 7) is 5.75. The van der Waals surface area contributed by atoms with Crippen LogP contribution in [0.3, 0.4) is 0 Å². The fraction of sp³-hybridized carbons (Fsp3) is 1.00. The van der Waals surface area contributed by atoms with Crippen molar-refractivity contribution in [2.24, 2.45) is 17.6 Å². The van der Waals surface area contributed by atoms with Gasteiger partial charge in [0.2, 0.25) is 0 Å². The Kier molecular flexibility index (Phi) is 12.3.